The molecule has 178 valence electrons. The number of ether oxygens (including phenoxy) is 2. The largest absolute Gasteiger partial charge is 0.379 e. The second kappa shape index (κ2) is 10.8. The van der Waals surface area contributed by atoms with Crippen molar-refractivity contribution >= 4 is 39.1 Å². The number of aromatic nitrogens is 1. The second-order valence-corrected chi connectivity index (χ2v) is 10.8. The molecule has 3 heterocycles. The fourth-order valence-electron chi connectivity index (χ4n) is 3.76. The van der Waals surface area contributed by atoms with Gasteiger partial charge in [0.05, 0.1) is 53.8 Å². The highest BCUT2D eigenvalue weighted by Gasteiger charge is 2.29. The molecule has 2 aromatic rings. The smallest absolute Gasteiger partial charge is 0.257 e. The molecule has 33 heavy (non-hydrogen) atoms. The number of hydrogen-bond donors (Lipinski definition) is 1. The first-order valence-electron chi connectivity index (χ1n) is 10.9. The molecule has 0 bridgehead atoms. The zero-order valence-corrected chi connectivity index (χ0v) is 20.2. The summed E-state index contributed by atoms with van der Waals surface area (Å²) >= 11 is 1.62. The number of thioether (sulfide) groups is 1. The predicted molar refractivity (Wildman–Crippen MR) is 128 cm³/mol. The SMILES string of the molecule is CCSc1ccc(NC(=O)c2cc(S(=O)(=O)N3CCOCC3)ccc2N2CCOCC2)cn1. The summed E-state index contributed by atoms with van der Waals surface area (Å²) in [5.41, 5.74) is 1.54. The van der Waals surface area contributed by atoms with Gasteiger partial charge in [0, 0.05) is 31.9 Å². The van der Waals surface area contributed by atoms with E-state index in [4.69, 9.17) is 9.47 Å². The third-order valence-corrected chi connectivity index (χ3v) is 8.18. The number of hydrogen-bond acceptors (Lipinski definition) is 8. The van der Waals surface area contributed by atoms with Crippen LogP contribution in [0.5, 0.6) is 0 Å². The van der Waals surface area contributed by atoms with Gasteiger partial charge in [-0.05, 0) is 36.1 Å². The molecule has 1 aromatic carbocycles. The summed E-state index contributed by atoms with van der Waals surface area (Å²) in [6.07, 6.45) is 1.61. The van der Waals surface area contributed by atoms with E-state index < -0.39 is 10.0 Å². The van der Waals surface area contributed by atoms with Crippen molar-refractivity contribution in [2.24, 2.45) is 0 Å². The van der Waals surface area contributed by atoms with Crippen LogP contribution in [0.3, 0.4) is 0 Å². The van der Waals surface area contributed by atoms with Gasteiger partial charge in [0.15, 0.2) is 0 Å². The van der Waals surface area contributed by atoms with Crippen LogP contribution in [0.25, 0.3) is 0 Å². The fraction of sp³-hybridized carbons (Fsp3) is 0.455. The number of amides is 1. The van der Waals surface area contributed by atoms with Crippen molar-refractivity contribution in [2.75, 3.05) is 68.6 Å². The van der Waals surface area contributed by atoms with E-state index in [-0.39, 0.29) is 10.8 Å². The number of pyridine rings is 1. The van der Waals surface area contributed by atoms with E-state index in [1.807, 2.05) is 17.9 Å². The molecule has 4 rings (SSSR count). The minimum Gasteiger partial charge on any atom is -0.379 e. The van der Waals surface area contributed by atoms with Gasteiger partial charge in [-0.25, -0.2) is 13.4 Å². The van der Waals surface area contributed by atoms with Crippen LogP contribution in [-0.4, -0.2) is 82.0 Å². The number of rotatable bonds is 7. The lowest BCUT2D eigenvalue weighted by Crippen LogP contribution is -2.41. The molecule has 0 radical (unpaired) electrons. The molecule has 1 amide bonds. The normalized spacial score (nSPS) is 17.7. The lowest BCUT2D eigenvalue weighted by Gasteiger charge is -2.31. The van der Waals surface area contributed by atoms with Crippen LogP contribution in [0, 0.1) is 0 Å². The summed E-state index contributed by atoms with van der Waals surface area (Å²) in [5, 5.41) is 3.75. The maximum atomic E-state index is 13.3. The van der Waals surface area contributed by atoms with Crippen LogP contribution in [0.4, 0.5) is 11.4 Å². The Kier molecular flexibility index (Phi) is 7.86. The molecule has 0 atom stereocenters. The summed E-state index contributed by atoms with van der Waals surface area (Å²) in [5.74, 6) is 0.527. The molecule has 11 heteroatoms. The molecular formula is C22H28N4O5S2. The molecule has 0 spiro atoms. The van der Waals surface area contributed by atoms with E-state index in [0.29, 0.717) is 69.5 Å². The highest BCUT2D eigenvalue weighted by Crippen LogP contribution is 2.28. The molecular weight excluding hydrogens is 464 g/mol. The zero-order chi connectivity index (χ0) is 23.3. The van der Waals surface area contributed by atoms with E-state index in [9.17, 15) is 13.2 Å². The Morgan fingerprint density at radius 1 is 1.06 bits per heavy atom. The maximum Gasteiger partial charge on any atom is 0.257 e. The quantitative estimate of drug-likeness (QED) is 0.588. The Morgan fingerprint density at radius 3 is 2.39 bits per heavy atom. The molecule has 2 fully saturated rings. The highest BCUT2D eigenvalue weighted by atomic mass is 32.2. The first-order valence-corrected chi connectivity index (χ1v) is 13.4. The molecule has 2 saturated heterocycles. The number of anilines is 2. The molecule has 9 nitrogen and oxygen atoms in total. The van der Waals surface area contributed by atoms with Crippen LogP contribution in [0.2, 0.25) is 0 Å². The van der Waals surface area contributed by atoms with Gasteiger partial charge in [-0.15, -0.1) is 11.8 Å². The summed E-state index contributed by atoms with van der Waals surface area (Å²) in [4.78, 5) is 19.8. The number of sulfonamides is 1. The van der Waals surface area contributed by atoms with Crippen molar-refractivity contribution in [3.05, 3.63) is 42.1 Å². The van der Waals surface area contributed by atoms with Crippen LogP contribution < -0.4 is 10.2 Å². The molecule has 0 aliphatic carbocycles. The first kappa shape index (κ1) is 24.0. The average molecular weight is 493 g/mol. The number of nitrogens with zero attached hydrogens (tertiary/aromatic N) is 3. The second-order valence-electron chi connectivity index (χ2n) is 7.57. The minimum atomic E-state index is -3.74. The number of carbonyl (C=O) groups is 1. The lowest BCUT2D eigenvalue weighted by molar-refractivity contribution is 0.0730. The summed E-state index contributed by atoms with van der Waals surface area (Å²) in [6, 6.07) is 8.41. The number of carbonyl (C=O) groups excluding carboxylic acids is 1. The van der Waals surface area contributed by atoms with E-state index >= 15 is 0 Å². The van der Waals surface area contributed by atoms with Crippen LogP contribution in [0.15, 0.2) is 46.5 Å². The van der Waals surface area contributed by atoms with Crippen molar-refractivity contribution in [1.82, 2.24) is 9.29 Å². The number of benzene rings is 1. The van der Waals surface area contributed by atoms with Crippen molar-refractivity contribution in [3.63, 3.8) is 0 Å². The maximum absolute atomic E-state index is 13.3. The van der Waals surface area contributed by atoms with E-state index in [2.05, 4.69) is 10.3 Å². The van der Waals surface area contributed by atoms with Gasteiger partial charge in [0.2, 0.25) is 10.0 Å². The van der Waals surface area contributed by atoms with Gasteiger partial charge in [-0.2, -0.15) is 4.31 Å². The van der Waals surface area contributed by atoms with Crippen LogP contribution in [-0.2, 0) is 19.5 Å². The Labute approximate surface area is 198 Å². The highest BCUT2D eigenvalue weighted by molar-refractivity contribution is 7.99. The molecule has 0 saturated carbocycles. The van der Waals surface area contributed by atoms with E-state index in [1.165, 1.54) is 10.4 Å². The summed E-state index contributed by atoms with van der Waals surface area (Å²) < 4.78 is 38.5. The molecule has 1 aromatic heterocycles. The zero-order valence-electron chi connectivity index (χ0n) is 18.5. The van der Waals surface area contributed by atoms with Crippen LogP contribution in [0.1, 0.15) is 17.3 Å². The topological polar surface area (TPSA) is 101 Å². The van der Waals surface area contributed by atoms with Gasteiger partial charge in [-0.3, -0.25) is 4.79 Å². The molecule has 2 aliphatic rings. The van der Waals surface area contributed by atoms with Crippen LogP contribution >= 0.6 is 11.8 Å². The van der Waals surface area contributed by atoms with Crippen molar-refractivity contribution in [3.8, 4) is 0 Å². The number of morpholine rings is 2. The van der Waals surface area contributed by atoms with Gasteiger partial charge < -0.3 is 19.7 Å². The van der Waals surface area contributed by atoms with Crippen molar-refractivity contribution < 1.29 is 22.7 Å². The first-order chi connectivity index (χ1) is 16.0. The predicted octanol–water partition coefficient (Wildman–Crippen LogP) is 2.30. The lowest BCUT2D eigenvalue weighted by atomic mass is 10.1. The molecule has 0 unspecified atom stereocenters. The average Bonchev–Trinajstić information content (AvgIpc) is 2.86. The third-order valence-electron chi connectivity index (χ3n) is 5.46. The summed E-state index contributed by atoms with van der Waals surface area (Å²) in [7, 11) is -3.74. The number of nitrogens with one attached hydrogen (secondary N) is 1. The monoisotopic (exact) mass is 492 g/mol. The third kappa shape index (κ3) is 5.67. The Balaban J connectivity index is 1.65. The Bertz CT molecular complexity index is 1070. The van der Waals surface area contributed by atoms with Gasteiger partial charge in [0.1, 0.15) is 0 Å². The van der Waals surface area contributed by atoms with E-state index in [0.717, 1.165) is 10.8 Å². The standard InChI is InChI=1S/C22H28N4O5S2/c1-2-32-21-6-3-17(16-23-21)24-22(27)19-15-18(33(28,29)26-9-13-31-14-10-26)4-5-20(19)25-7-11-30-12-8-25/h3-6,15-16H,2,7-14H2,1H3,(H,24,27). The summed E-state index contributed by atoms with van der Waals surface area (Å²) in [6.45, 7) is 5.71. The van der Waals surface area contributed by atoms with E-state index in [1.54, 1.807) is 36.2 Å². The van der Waals surface area contributed by atoms with Crippen molar-refractivity contribution in [2.45, 2.75) is 16.8 Å². The Morgan fingerprint density at radius 2 is 1.76 bits per heavy atom. The fourth-order valence-corrected chi connectivity index (χ4v) is 5.78. The van der Waals surface area contributed by atoms with Gasteiger partial charge >= 0.3 is 0 Å². The molecule has 2 aliphatic heterocycles. The molecule has 1 N–H and O–H groups in total. The minimum absolute atomic E-state index is 0.0966. The van der Waals surface area contributed by atoms with Gasteiger partial charge in [0.25, 0.3) is 5.91 Å². The Hall–Kier alpha value is -2.18. The van der Waals surface area contributed by atoms with Gasteiger partial charge in [-0.1, -0.05) is 6.92 Å². The van der Waals surface area contributed by atoms with Crippen molar-refractivity contribution in [1.29, 1.82) is 0 Å².